The molecule has 3 nitrogen and oxygen atoms in total. The number of nitrogens with zero attached hydrogens (tertiary/aromatic N) is 1. The zero-order valence-electron chi connectivity index (χ0n) is 11.9. The molecule has 0 aliphatic carbocycles. The second-order valence-electron chi connectivity index (χ2n) is 5.93. The van der Waals surface area contributed by atoms with Gasteiger partial charge in [-0.25, -0.2) is 0 Å². The van der Waals surface area contributed by atoms with E-state index in [-0.39, 0.29) is 16.9 Å². The number of phenols is 1. The van der Waals surface area contributed by atoms with Crippen LogP contribution in [-0.2, 0) is 0 Å². The van der Waals surface area contributed by atoms with Crippen molar-refractivity contribution in [2.45, 2.75) is 33.7 Å². The van der Waals surface area contributed by atoms with Crippen molar-refractivity contribution in [1.29, 1.82) is 0 Å². The molecule has 0 bridgehead atoms. The number of phenolic OH excluding ortho intramolecular Hbond substituents is 1. The van der Waals surface area contributed by atoms with Crippen LogP contribution in [0.2, 0.25) is 0 Å². The number of hydrogen-bond acceptors (Lipinski definition) is 3. The first-order valence-corrected chi connectivity index (χ1v) is 6.24. The molecule has 100 valence electrons. The molecule has 1 rings (SSSR count). The van der Waals surface area contributed by atoms with Crippen LogP contribution in [0.5, 0.6) is 5.75 Å². The van der Waals surface area contributed by atoms with E-state index >= 15 is 0 Å². The maximum absolute atomic E-state index is 12.1. The summed E-state index contributed by atoms with van der Waals surface area (Å²) in [5, 5.41) is 9.19. The van der Waals surface area contributed by atoms with E-state index in [2.05, 4.69) is 32.6 Å². The quantitative estimate of drug-likeness (QED) is 0.834. The van der Waals surface area contributed by atoms with Gasteiger partial charge in [0.05, 0.1) is 6.54 Å². The lowest BCUT2D eigenvalue weighted by molar-refractivity contribution is 0.0853. The maximum atomic E-state index is 12.1. The standard InChI is InChI=1S/C15H23NO2/c1-11(15(2,3)4)16(5)10-14(18)12-6-8-13(17)9-7-12/h6-9,11,17H,10H2,1-5H3. The Bertz CT molecular complexity index is 403. The van der Waals surface area contributed by atoms with E-state index in [9.17, 15) is 9.90 Å². The Hall–Kier alpha value is -1.35. The van der Waals surface area contributed by atoms with Crippen LogP contribution in [0.3, 0.4) is 0 Å². The number of carbonyl (C=O) groups excluding carboxylic acids is 1. The monoisotopic (exact) mass is 249 g/mol. The van der Waals surface area contributed by atoms with Crippen LogP contribution in [0.1, 0.15) is 38.1 Å². The molecule has 0 saturated heterocycles. The minimum Gasteiger partial charge on any atom is -0.508 e. The summed E-state index contributed by atoms with van der Waals surface area (Å²) in [5.74, 6) is 0.261. The van der Waals surface area contributed by atoms with E-state index in [1.165, 1.54) is 0 Å². The van der Waals surface area contributed by atoms with Crippen molar-refractivity contribution in [1.82, 2.24) is 4.90 Å². The van der Waals surface area contributed by atoms with Crippen molar-refractivity contribution in [2.75, 3.05) is 13.6 Å². The van der Waals surface area contributed by atoms with Gasteiger partial charge in [0.15, 0.2) is 5.78 Å². The molecule has 0 amide bonds. The van der Waals surface area contributed by atoms with Crippen LogP contribution in [0.15, 0.2) is 24.3 Å². The molecule has 0 heterocycles. The van der Waals surface area contributed by atoms with Gasteiger partial charge in [0.2, 0.25) is 0 Å². The fourth-order valence-corrected chi connectivity index (χ4v) is 1.76. The highest BCUT2D eigenvalue weighted by Crippen LogP contribution is 2.23. The molecule has 1 aromatic carbocycles. The molecule has 0 aliphatic heterocycles. The summed E-state index contributed by atoms with van der Waals surface area (Å²) in [7, 11) is 1.97. The molecule has 18 heavy (non-hydrogen) atoms. The van der Waals surface area contributed by atoms with Crippen molar-refractivity contribution >= 4 is 5.78 Å². The van der Waals surface area contributed by atoms with Crippen LogP contribution in [0, 0.1) is 5.41 Å². The third kappa shape index (κ3) is 3.84. The highest BCUT2D eigenvalue weighted by Gasteiger charge is 2.25. The summed E-state index contributed by atoms with van der Waals surface area (Å²) in [6.07, 6.45) is 0. The Labute approximate surface area is 109 Å². The molecule has 0 fully saturated rings. The van der Waals surface area contributed by atoms with E-state index < -0.39 is 0 Å². The molecule has 1 atom stereocenters. The Balaban J connectivity index is 2.68. The summed E-state index contributed by atoms with van der Waals surface area (Å²) >= 11 is 0. The Morgan fingerprint density at radius 2 is 1.78 bits per heavy atom. The molecular weight excluding hydrogens is 226 g/mol. The fraction of sp³-hybridized carbons (Fsp3) is 0.533. The zero-order valence-corrected chi connectivity index (χ0v) is 11.9. The summed E-state index contributed by atoms with van der Waals surface area (Å²) in [6.45, 7) is 9.02. The number of Topliss-reactive ketones (excluding diaryl/α,β-unsaturated/α-hetero) is 1. The first-order chi connectivity index (χ1) is 8.21. The number of likely N-dealkylation sites (N-methyl/N-ethyl adjacent to an activating group) is 1. The van der Waals surface area contributed by atoms with Crippen molar-refractivity contribution in [3.63, 3.8) is 0 Å². The Morgan fingerprint density at radius 3 is 2.22 bits per heavy atom. The van der Waals surface area contributed by atoms with E-state index in [4.69, 9.17) is 0 Å². The predicted molar refractivity (Wildman–Crippen MR) is 74.0 cm³/mol. The molecule has 1 N–H and O–H groups in total. The second kappa shape index (κ2) is 5.53. The van der Waals surface area contributed by atoms with Crippen molar-refractivity contribution in [3.8, 4) is 5.75 Å². The van der Waals surface area contributed by atoms with Gasteiger partial charge in [0.25, 0.3) is 0 Å². The van der Waals surface area contributed by atoms with Crippen LogP contribution in [0.4, 0.5) is 0 Å². The lowest BCUT2D eigenvalue weighted by Crippen LogP contribution is -2.41. The average molecular weight is 249 g/mol. The molecule has 0 saturated carbocycles. The molecule has 0 radical (unpaired) electrons. The van der Waals surface area contributed by atoms with Gasteiger partial charge >= 0.3 is 0 Å². The average Bonchev–Trinajstić information content (AvgIpc) is 2.27. The third-order valence-electron chi connectivity index (χ3n) is 3.50. The Kier molecular flexibility index (Phi) is 4.52. The van der Waals surface area contributed by atoms with Crippen molar-refractivity contribution < 1.29 is 9.90 Å². The molecule has 1 aromatic rings. The minimum atomic E-state index is 0.0774. The van der Waals surface area contributed by atoms with Crippen LogP contribution in [0.25, 0.3) is 0 Å². The smallest absolute Gasteiger partial charge is 0.176 e. The molecule has 0 aliphatic rings. The van der Waals surface area contributed by atoms with Gasteiger partial charge < -0.3 is 5.11 Å². The molecular formula is C15H23NO2. The number of hydrogen-bond donors (Lipinski definition) is 1. The maximum Gasteiger partial charge on any atom is 0.176 e. The fourth-order valence-electron chi connectivity index (χ4n) is 1.76. The second-order valence-corrected chi connectivity index (χ2v) is 5.93. The van der Waals surface area contributed by atoms with Gasteiger partial charge in [-0.1, -0.05) is 20.8 Å². The first-order valence-electron chi connectivity index (χ1n) is 6.24. The van der Waals surface area contributed by atoms with Gasteiger partial charge in [-0.15, -0.1) is 0 Å². The number of aromatic hydroxyl groups is 1. The van der Waals surface area contributed by atoms with E-state index in [1.54, 1.807) is 24.3 Å². The molecule has 0 aromatic heterocycles. The van der Waals surface area contributed by atoms with Crippen molar-refractivity contribution in [2.24, 2.45) is 5.41 Å². The summed E-state index contributed by atoms with van der Waals surface area (Å²) in [6, 6.07) is 6.72. The molecule has 3 heteroatoms. The lowest BCUT2D eigenvalue weighted by atomic mass is 9.87. The van der Waals surface area contributed by atoms with E-state index in [1.807, 2.05) is 7.05 Å². The van der Waals surface area contributed by atoms with Gasteiger partial charge in [0, 0.05) is 11.6 Å². The van der Waals surface area contributed by atoms with Gasteiger partial charge in [-0.2, -0.15) is 0 Å². The third-order valence-corrected chi connectivity index (χ3v) is 3.50. The molecule has 1 unspecified atom stereocenters. The number of carbonyl (C=O) groups is 1. The largest absolute Gasteiger partial charge is 0.508 e. The molecule has 0 spiro atoms. The summed E-state index contributed by atoms with van der Waals surface area (Å²) in [5.41, 5.74) is 0.782. The Morgan fingerprint density at radius 1 is 1.28 bits per heavy atom. The normalized spacial score (nSPS) is 13.7. The lowest BCUT2D eigenvalue weighted by Gasteiger charge is -2.34. The number of ketones is 1. The summed E-state index contributed by atoms with van der Waals surface area (Å²) in [4.78, 5) is 14.1. The van der Waals surface area contributed by atoms with Gasteiger partial charge in [0.1, 0.15) is 5.75 Å². The zero-order chi connectivity index (χ0) is 13.9. The SMILES string of the molecule is CC(N(C)CC(=O)c1ccc(O)cc1)C(C)(C)C. The topological polar surface area (TPSA) is 40.5 Å². The number of rotatable bonds is 4. The first kappa shape index (κ1) is 14.7. The number of benzene rings is 1. The van der Waals surface area contributed by atoms with Gasteiger partial charge in [-0.05, 0) is 43.7 Å². The minimum absolute atomic E-state index is 0.0774. The van der Waals surface area contributed by atoms with Gasteiger partial charge in [-0.3, -0.25) is 9.69 Å². The highest BCUT2D eigenvalue weighted by atomic mass is 16.3. The highest BCUT2D eigenvalue weighted by molar-refractivity contribution is 5.97. The summed E-state index contributed by atoms with van der Waals surface area (Å²) < 4.78 is 0. The van der Waals surface area contributed by atoms with Crippen molar-refractivity contribution in [3.05, 3.63) is 29.8 Å². The van der Waals surface area contributed by atoms with Crippen LogP contribution in [-0.4, -0.2) is 35.4 Å². The van der Waals surface area contributed by atoms with E-state index in [0.717, 1.165) is 0 Å². The predicted octanol–water partition coefficient (Wildman–Crippen LogP) is 2.94. The van der Waals surface area contributed by atoms with E-state index in [0.29, 0.717) is 18.2 Å². The van der Waals surface area contributed by atoms with Crippen LogP contribution >= 0.6 is 0 Å². The van der Waals surface area contributed by atoms with Crippen LogP contribution < -0.4 is 0 Å².